The summed E-state index contributed by atoms with van der Waals surface area (Å²) < 4.78 is 10.3. The summed E-state index contributed by atoms with van der Waals surface area (Å²) >= 11 is 6.35. The van der Waals surface area contributed by atoms with Crippen molar-refractivity contribution < 1.29 is 9.47 Å². The van der Waals surface area contributed by atoms with Gasteiger partial charge in [-0.2, -0.15) is 0 Å². The zero-order valence-corrected chi connectivity index (χ0v) is 13.4. The van der Waals surface area contributed by atoms with Gasteiger partial charge in [0, 0.05) is 44.6 Å². The van der Waals surface area contributed by atoms with E-state index in [1.807, 2.05) is 6.07 Å². The standard InChI is InChI=1S/C15H25ClN2O2/c1-4-17-12-13-5-6-14(11-15(13)16)18(7-9-19-2)8-10-20-3/h5-6,11,17H,4,7-10,12H2,1-3H3. The van der Waals surface area contributed by atoms with E-state index in [-0.39, 0.29) is 0 Å². The molecule has 5 heteroatoms. The Balaban J connectivity index is 2.76. The molecule has 1 N–H and O–H groups in total. The van der Waals surface area contributed by atoms with E-state index in [4.69, 9.17) is 21.1 Å². The van der Waals surface area contributed by atoms with Crippen LogP contribution in [0.1, 0.15) is 12.5 Å². The molecule has 1 aromatic carbocycles. The number of ether oxygens (including phenoxy) is 2. The highest BCUT2D eigenvalue weighted by Crippen LogP contribution is 2.23. The highest BCUT2D eigenvalue weighted by molar-refractivity contribution is 6.31. The Labute approximate surface area is 127 Å². The SMILES string of the molecule is CCNCc1ccc(N(CCOC)CCOC)cc1Cl. The second-order valence-electron chi connectivity index (χ2n) is 4.53. The van der Waals surface area contributed by atoms with Gasteiger partial charge in [-0.3, -0.25) is 0 Å². The zero-order valence-electron chi connectivity index (χ0n) is 12.6. The number of anilines is 1. The minimum atomic E-state index is 0.681. The van der Waals surface area contributed by atoms with Crippen molar-refractivity contribution >= 4 is 17.3 Å². The average molecular weight is 301 g/mol. The van der Waals surface area contributed by atoms with Gasteiger partial charge in [0.25, 0.3) is 0 Å². The molecule has 1 rings (SSSR count). The molecule has 0 spiro atoms. The van der Waals surface area contributed by atoms with Gasteiger partial charge < -0.3 is 19.7 Å². The highest BCUT2D eigenvalue weighted by Gasteiger charge is 2.09. The first kappa shape index (κ1) is 17.2. The number of nitrogens with one attached hydrogen (secondary N) is 1. The van der Waals surface area contributed by atoms with Crippen molar-refractivity contribution in [2.45, 2.75) is 13.5 Å². The fourth-order valence-corrected chi connectivity index (χ4v) is 2.15. The van der Waals surface area contributed by atoms with Crippen molar-refractivity contribution in [2.24, 2.45) is 0 Å². The quantitative estimate of drug-likeness (QED) is 0.720. The van der Waals surface area contributed by atoms with Gasteiger partial charge >= 0.3 is 0 Å². The van der Waals surface area contributed by atoms with Crippen molar-refractivity contribution in [3.63, 3.8) is 0 Å². The third-order valence-electron chi connectivity index (χ3n) is 3.10. The van der Waals surface area contributed by atoms with Gasteiger partial charge in [-0.25, -0.2) is 0 Å². The molecule has 0 radical (unpaired) electrons. The van der Waals surface area contributed by atoms with Gasteiger partial charge in [0.1, 0.15) is 0 Å². The van der Waals surface area contributed by atoms with E-state index in [1.165, 1.54) is 0 Å². The molecule has 0 aliphatic rings. The zero-order chi connectivity index (χ0) is 14.8. The van der Waals surface area contributed by atoms with Gasteiger partial charge in [-0.15, -0.1) is 0 Å². The molecule has 4 nitrogen and oxygen atoms in total. The van der Waals surface area contributed by atoms with E-state index in [2.05, 4.69) is 29.3 Å². The molecule has 0 amide bonds. The van der Waals surface area contributed by atoms with Gasteiger partial charge in [-0.1, -0.05) is 24.6 Å². The maximum atomic E-state index is 6.35. The smallest absolute Gasteiger partial charge is 0.0637 e. The number of methoxy groups -OCH3 is 2. The van der Waals surface area contributed by atoms with E-state index < -0.39 is 0 Å². The number of nitrogens with zero attached hydrogens (tertiary/aromatic N) is 1. The minimum Gasteiger partial charge on any atom is -0.383 e. The van der Waals surface area contributed by atoms with Crippen molar-refractivity contribution in [3.05, 3.63) is 28.8 Å². The van der Waals surface area contributed by atoms with E-state index >= 15 is 0 Å². The van der Waals surface area contributed by atoms with Crippen molar-refractivity contribution in [2.75, 3.05) is 52.0 Å². The molecule has 0 bridgehead atoms. The lowest BCUT2D eigenvalue weighted by molar-refractivity contribution is 0.190. The lowest BCUT2D eigenvalue weighted by Crippen LogP contribution is -2.30. The van der Waals surface area contributed by atoms with Crippen LogP contribution in [-0.2, 0) is 16.0 Å². The number of benzene rings is 1. The van der Waals surface area contributed by atoms with Crippen molar-refractivity contribution in [1.82, 2.24) is 5.32 Å². The number of halogens is 1. The molecule has 0 aromatic heterocycles. The largest absolute Gasteiger partial charge is 0.383 e. The predicted octanol–water partition coefficient (Wildman–Crippen LogP) is 2.55. The molecule has 114 valence electrons. The third-order valence-corrected chi connectivity index (χ3v) is 3.45. The molecule has 0 saturated heterocycles. The Hall–Kier alpha value is -0.810. The summed E-state index contributed by atoms with van der Waals surface area (Å²) in [5.74, 6) is 0. The van der Waals surface area contributed by atoms with Crippen LogP contribution in [0.3, 0.4) is 0 Å². The van der Waals surface area contributed by atoms with E-state index in [0.717, 1.165) is 42.5 Å². The summed E-state index contributed by atoms with van der Waals surface area (Å²) in [6.45, 7) is 6.82. The van der Waals surface area contributed by atoms with Crippen LogP contribution in [0.25, 0.3) is 0 Å². The summed E-state index contributed by atoms with van der Waals surface area (Å²) in [6.07, 6.45) is 0. The summed E-state index contributed by atoms with van der Waals surface area (Å²) in [6, 6.07) is 6.19. The normalized spacial score (nSPS) is 10.8. The second-order valence-corrected chi connectivity index (χ2v) is 4.94. The van der Waals surface area contributed by atoms with Crippen LogP contribution >= 0.6 is 11.6 Å². The highest BCUT2D eigenvalue weighted by atomic mass is 35.5. The monoisotopic (exact) mass is 300 g/mol. The Morgan fingerprint density at radius 2 is 1.80 bits per heavy atom. The first-order valence-electron chi connectivity index (χ1n) is 6.94. The van der Waals surface area contributed by atoms with Crippen LogP contribution < -0.4 is 10.2 Å². The van der Waals surface area contributed by atoms with Crippen LogP contribution in [0.2, 0.25) is 5.02 Å². The van der Waals surface area contributed by atoms with Gasteiger partial charge in [0.05, 0.1) is 13.2 Å². The maximum Gasteiger partial charge on any atom is 0.0637 e. The molecular weight excluding hydrogens is 276 g/mol. The predicted molar refractivity (Wildman–Crippen MR) is 84.8 cm³/mol. The molecular formula is C15H25ClN2O2. The molecule has 0 aliphatic heterocycles. The maximum absolute atomic E-state index is 6.35. The first-order chi connectivity index (χ1) is 9.72. The number of hydrogen-bond donors (Lipinski definition) is 1. The minimum absolute atomic E-state index is 0.681. The van der Waals surface area contributed by atoms with Crippen LogP contribution in [0.15, 0.2) is 18.2 Å². The Morgan fingerprint density at radius 1 is 1.15 bits per heavy atom. The topological polar surface area (TPSA) is 33.7 Å². The average Bonchev–Trinajstić information content (AvgIpc) is 2.46. The van der Waals surface area contributed by atoms with Gasteiger partial charge in [0.15, 0.2) is 0 Å². The lowest BCUT2D eigenvalue weighted by atomic mass is 10.2. The fourth-order valence-electron chi connectivity index (χ4n) is 1.91. The van der Waals surface area contributed by atoms with Gasteiger partial charge in [0.2, 0.25) is 0 Å². The Bertz CT molecular complexity index is 380. The van der Waals surface area contributed by atoms with E-state index in [1.54, 1.807) is 14.2 Å². The second kappa shape index (κ2) is 10.00. The fraction of sp³-hybridized carbons (Fsp3) is 0.600. The molecule has 20 heavy (non-hydrogen) atoms. The molecule has 0 unspecified atom stereocenters. The summed E-state index contributed by atoms with van der Waals surface area (Å²) in [5, 5.41) is 4.08. The molecule has 0 fully saturated rings. The van der Waals surface area contributed by atoms with E-state index in [9.17, 15) is 0 Å². The Morgan fingerprint density at radius 3 is 2.30 bits per heavy atom. The summed E-state index contributed by atoms with van der Waals surface area (Å²) in [4.78, 5) is 2.22. The van der Waals surface area contributed by atoms with Gasteiger partial charge in [-0.05, 0) is 24.2 Å². The van der Waals surface area contributed by atoms with Crippen molar-refractivity contribution in [3.8, 4) is 0 Å². The van der Waals surface area contributed by atoms with Crippen LogP contribution in [0.4, 0.5) is 5.69 Å². The molecule has 0 saturated carbocycles. The summed E-state index contributed by atoms with van der Waals surface area (Å²) in [7, 11) is 3.42. The number of rotatable bonds is 10. The molecule has 1 aromatic rings. The van der Waals surface area contributed by atoms with Crippen LogP contribution in [-0.4, -0.2) is 47.1 Å². The summed E-state index contributed by atoms with van der Waals surface area (Å²) in [5.41, 5.74) is 2.22. The molecule has 0 atom stereocenters. The first-order valence-corrected chi connectivity index (χ1v) is 7.32. The Kier molecular flexibility index (Phi) is 8.62. The third kappa shape index (κ3) is 5.67. The van der Waals surface area contributed by atoms with E-state index in [0.29, 0.717) is 13.2 Å². The van der Waals surface area contributed by atoms with Crippen LogP contribution in [0.5, 0.6) is 0 Å². The lowest BCUT2D eigenvalue weighted by Gasteiger charge is -2.25. The van der Waals surface area contributed by atoms with Crippen molar-refractivity contribution in [1.29, 1.82) is 0 Å². The molecule has 0 heterocycles. The number of hydrogen-bond acceptors (Lipinski definition) is 4. The molecule has 0 aliphatic carbocycles. The van der Waals surface area contributed by atoms with Crippen LogP contribution in [0, 0.1) is 0 Å².